The number of ether oxygens (including phenoxy) is 1. The molecule has 4 heteroatoms. The predicted molar refractivity (Wildman–Crippen MR) is 86.2 cm³/mol. The monoisotopic (exact) mass is 300 g/mol. The Morgan fingerprint density at radius 3 is 2.67 bits per heavy atom. The molecule has 0 fully saturated rings. The zero-order valence-electron chi connectivity index (χ0n) is 12.4. The van der Waals surface area contributed by atoms with Crippen molar-refractivity contribution in [3.8, 4) is 17.0 Å². The van der Waals surface area contributed by atoms with Crippen molar-refractivity contribution in [2.45, 2.75) is 19.7 Å². The molecule has 0 aliphatic carbocycles. The van der Waals surface area contributed by atoms with Crippen LogP contribution in [0.15, 0.2) is 36.5 Å². The molecule has 3 rings (SSSR count). The molecule has 108 valence electrons. The van der Waals surface area contributed by atoms with Crippen LogP contribution in [0, 0.1) is 13.8 Å². The molecule has 0 amide bonds. The van der Waals surface area contributed by atoms with E-state index >= 15 is 0 Å². The second kappa shape index (κ2) is 5.41. The van der Waals surface area contributed by atoms with E-state index in [9.17, 15) is 0 Å². The van der Waals surface area contributed by atoms with Gasteiger partial charge in [-0.05, 0) is 49.2 Å². The van der Waals surface area contributed by atoms with Crippen LogP contribution in [0.3, 0.4) is 0 Å². The third kappa shape index (κ3) is 2.28. The van der Waals surface area contributed by atoms with Crippen molar-refractivity contribution in [1.29, 1.82) is 0 Å². The van der Waals surface area contributed by atoms with Crippen LogP contribution in [0.4, 0.5) is 0 Å². The second-order valence-electron chi connectivity index (χ2n) is 5.11. The molecule has 1 aromatic carbocycles. The summed E-state index contributed by atoms with van der Waals surface area (Å²) in [7, 11) is 1.68. The lowest BCUT2D eigenvalue weighted by Gasteiger charge is -2.07. The summed E-state index contributed by atoms with van der Waals surface area (Å²) < 4.78 is 7.39. The Bertz CT molecular complexity index is 808. The first kappa shape index (κ1) is 14.0. The van der Waals surface area contributed by atoms with Gasteiger partial charge in [-0.2, -0.15) is 0 Å². The molecular weight excluding hydrogens is 284 g/mol. The molecule has 2 aromatic heterocycles. The number of rotatable bonds is 3. The van der Waals surface area contributed by atoms with Crippen LogP contribution in [-0.2, 0) is 5.88 Å². The van der Waals surface area contributed by atoms with E-state index in [0.29, 0.717) is 5.88 Å². The van der Waals surface area contributed by atoms with Crippen LogP contribution in [0.25, 0.3) is 16.9 Å². The maximum atomic E-state index is 6.17. The summed E-state index contributed by atoms with van der Waals surface area (Å²) in [6.45, 7) is 4.09. The van der Waals surface area contributed by atoms with E-state index in [1.165, 1.54) is 0 Å². The van der Waals surface area contributed by atoms with Gasteiger partial charge in [-0.1, -0.05) is 6.07 Å². The first-order valence-electron chi connectivity index (χ1n) is 6.83. The van der Waals surface area contributed by atoms with Gasteiger partial charge in [0.15, 0.2) is 0 Å². The van der Waals surface area contributed by atoms with Crippen LogP contribution < -0.4 is 4.74 Å². The Kier molecular flexibility index (Phi) is 3.60. The predicted octanol–water partition coefficient (Wildman–Crippen LogP) is 4.37. The van der Waals surface area contributed by atoms with E-state index in [-0.39, 0.29) is 0 Å². The Morgan fingerprint density at radius 2 is 2.00 bits per heavy atom. The smallest absolute Gasteiger partial charge is 0.140 e. The fourth-order valence-electron chi connectivity index (χ4n) is 2.64. The molecule has 0 bridgehead atoms. The van der Waals surface area contributed by atoms with Crippen molar-refractivity contribution < 1.29 is 4.74 Å². The zero-order valence-corrected chi connectivity index (χ0v) is 13.1. The average molecular weight is 301 g/mol. The summed E-state index contributed by atoms with van der Waals surface area (Å²) in [4.78, 5) is 4.79. The number of alkyl halides is 1. The number of nitrogens with zero attached hydrogens (tertiary/aromatic N) is 2. The van der Waals surface area contributed by atoms with Gasteiger partial charge in [0, 0.05) is 11.8 Å². The van der Waals surface area contributed by atoms with E-state index in [4.69, 9.17) is 21.3 Å². The van der Waals surface area contributed by atoms with Crippen LogP contribution >= 0.6 is 11.6 Å². The lowest BCUT2D eigenvalue weighted by Crippen LogP contribution is -1.92. The standard InChI is InChI=1S/C17H17ClN2O/c1-11-5-4-8-20-14(10-18)16(19-17(11)20)13-6-7-15(21-3)12(2)9-13/h4-9H,10H2,1-3H3. The molecule has 21 heavy (non-hydrogen) atoms. The summed E-state index contributed by atoms with van der Waals surface area (Å²) in [6, 6.07) is 10.2. The van der Waals surface area contributed by atoms with Gasteiger partial charge < -0.3 is 9.14 Å². The highest BCUT2D eigenvalue weighted by atomic mass is 35.5. The Labute approximate surface area is 129 Å². The third-order valence-corrected chi connectivity index (χ3v) is 3.99. The van der Waals surface area contributed by atoms with Crippen molar-refractivity contribution in [3.63, 3.8) is 0 Å². The van der Waals surface area contributed by atoms with E-state index in [1.807, 2.05) is 31.3 Å². The number of halogens is 1. The van der Waals surface area contributed by atoms with E-state index in [1.54, 1.807) is 7.11 Å². The molecule has 2 heterocycles. The fraction of sp³-hybridized carbons (Fsp3) is 0.235. The lowest BCUT2D eigenvalue weighted by atomic mass is 10.1. The maximum absolute atomic E-state index is 6.17. The minimum atomic E-state index is 0.422. The number of hydrogen-bond acceptors (Lipinski definition) is 2. The molecule has 0 atom stereocenters. The molecule has 0 N–H and O–H groups in total. The highest BCUT2D eigenvalue weighted by Gasteiger charge is 2.15. The Morgan fingerprint density at radius 1 is 1.19 bits per heavy atom. The normalized spacial score (nSPS) is 11.0. The molecule has 0 unspecified atom stereocenters. The molecule has 0 saturated carbocycles. The van der Waals surface area contributed by atoms with Gasteiger partial charge in [0.25, 0.3) is 0 Å². The van der Waals surface area contributed by atoms with Gasteiger partial charge in [-0.3, -0.25) is 0 Å². The number of aryl methyl sites for hydroxylation is 2. The lowest BCUT2D eigenvalue weighted by molar-refractivity contribution is 0.412. The SMILES string of the molecule is COc1ccc(-c2nc3c(C)cccn3c2CCl)cc1C. The van der Waals surface area contributed by atoms with Crippen molar-refractivity contribution in [3.05, 3.63) is 53.3 Å². The minimum absolute atomic E-state index is 0.422. The van der Waals surface area contributed by atoms with Gasteiger partial charge in [-0.15, -0.1) is 11.6 Å². The van der Waals surface area contributed by atoms with Crippen LogP contribution in [0.5, 0.6) is 5.75 Å². The molecule has 0 saturated heterocycles. The zero-order chi connectivity index (χ0) is 15.0. The quantitative estimate of drug-likeness (QED) is 0.672. The van der Waals surface area contributed by atoms with Crippen LogP contribution in [-0.4, -0.2) is 16.5 Å². The van der Waals surface area contributed by atoms with Crippen molar-refractivity contribution >= 4 is 17.2 Å². The van der Waals surface area contributed by atoms with Crippen molar-refractivity contribution in [2.75, 3.05) is 7.11 Å². The van der Waals surface area contributed by atoms with Gasteiger partial charge in [0.05, 0.1) is 24.4 Å². The van der Waals surface area contributed by atoms with Crippen LogP contribution in [0.1, 0.15) is 16.8 Å². The number of aromatic nitrogens is 2. The molecule has 0 aliphatic rings. The number of methoxy groups -OCH3 is 1. The number of benzene rings is 1. The minimum Gasteiger partial charge on any atom is -0.496 e. The van der Waals surface area contributed by atoms with Gasteiger partial charge in [0.1, 0.15) is 11.4 Å². The number of imidazole rings is 1. The summed E-state index contributed by atoms with van der Waals surface area (Å²) in [5.74, 6) is 1.30. The highest BCUT2D eigenvalue weighted by Crippen LogP contribution is 2.30. The Hall–Kier alpha value is -2.00. The van der Waals surface area contributed by atoms with Crippen LogP contribution in [0.2, 0.25) is 0 Å². The van der Waals surface area contributed by atoms with Gasteiger partial charge >= 0.3 is 0 Å². The topological polar surface area (TPSA) is 26.5 Å². The molecule has 0 radical (unpaired) electrons. The van der Waals surface area contributed by atoms with Crippen molar-refractivity contribution in [2.24, 2.45) is 0 Å². The summed E-state index contributed by atoms with van der Waals surface area (Å²) >= 11 is 6.17. The molecular formula is C17H17ClN2O. The number of hydrogen-bond donors (Lipinski definition) is 0. The first-order chi connectivity index (χ1) is 10.2. The average Bonchev–Trinajstić information content (AvgIpc) is 2.87. The highest BCUT2D eigenvalue weighted by molar-refractivity contribution is 6.17. The number of pyridine rings is 1. The Balaban J connectivity index is 2.24. The van der Waals surface area contributed by atoms with E-state index in [0.717, 1.165) is 39.5 Å². The molecule has 3 nitrogen and oxygen atoms in total. The van der Waals surface area contributed by atoms with E-state index in [2.05, 4.69) is 23.5 Å². The second-order valence-corrected chi connectivity index (χ2v) is 5.38. The fourth-order valence-corrected chi connectivity index (χ4v) is 2.89. The third-order valence-electron chi connectivity index (χ3n) is 3.74. The summed E-state index contributed by atoms with van der Waals surface area (Å²) in [5.41, 5.74) is 6.19. The summed E-state index contributed by atoms with van der Waals surface area (Å²) in [5, 5.41) is 0. The van der Waals surface area contributed by atoms with Gasteiger partial charge in [-0.25, -0.2) is 4.98 Å². The first-order valence-corrected chi connectivity index (χ1v) is 7.36. The molecule has 0 aliphatic heterocycles. The number of fused-ring (bicyclic) bond motifs is 1. The molecule has 0 spiro atoms. The molecule has 3 aromatic rings. The maximum Gasteiger partial charge on any atom is 0.140 e. The largest absolute Gasteiger partial charge is 0.496 e. The van der Waals surface area contributed by atoms with Gasteiger partial charge in [0.2, 0.25) is 0 Å². The van der Waals surface area contributed by atoms with E-state index < -0.39 is 0 Å². The van der Waals surface area contributed by atoms with Crippen molar-refractivity contribution in [1.82, 2.24) is 9.38 Å². The summed E-state index contributed by atoms with van der Waals surface area (Å²) in [6.07, 6.45) is 2.01.